The zero-order valence-electron chi connectivity index (χ0n) is 8.79. The van der Waals surface area contributed by atoms with Crippen molar-refractivity contribution < 1.29 is 9.53 Å². The highest BCUT2D eigenvalue weighted by Crippen LogP contribution is 1.99. The predicted octanol–water partition coefficient (Wildman–Crippen LogP) is 0.0595. The highest BCUT2D eigenvalue weighted by atomic mass is 16.5. The molecule has 5 nitrogen and oxygen atoms in total. The van der Waals surface area contributed by atoms with Gasteiger partial charge in [-0.2, -0.15) is 0 Å². The highest BCUT2D eigenvalue weighted by molar-refractivity contribution is 5.95. The standard InChI is InChI=1S/C10H14N2O3/c1-7-3-4-11-9(13)8(7)10(14)12-5-6-15-2/h3-4H,5-6H2,1-2H3,(H,11,13)(H,12,14). The average molecular weight is 210 g/mol. The van der Waals surface area contributed by atoms with Crippen molar-refractivity contribution in [1.82, 2.24) is 10.3 Å². The Labute approximate surface area is 87.5 Å². The fourth-order valence-electron chi connectivity index (χ4n) is 1.21. The summed E-state index contributed by atoms with van der Waals surface area (Å²) in [4.78, 5) is 25.4. The van der Waals surface area contributed by atoms with Crippen molar-refractivity contribution in [3.8, 4) is 0 Å². The molecule has 0 aliphatic carbocycles. The van der Waals surface area contributed by atoms with Gasteiger partial charge in [-0.3, -0.25) is 9.59 Å². The van der Waals surface area contributed by atoms with Crippen LogP contribution in [0.3, 0.4) is 0 Å². The first-order chi connectivity index (χ1) is 7.16. The van der Waals surface area contributed by atoms with Gasteiger partial charge in [0, 0.05) is 19.9 Å². The Bertz CT molecular complexity index is 398. The molecule has 1 rings (SSSR count). The van der Waals surface area contributed by atoms with Crippen LogP contribution >= 0.6 is 0 Å². The number of hydrogen-bond donors (Lipinski definition) is 2. The first-order valence-corrected chi connectivity index (χ1v) is 4.62. The summed E-state index contributed by atoms with van der Waals surface area (Å²) < 4.78 is 4.79. The minimum Gasteiger partial charge on any atom is -0.383 e. The minimum atomic E-state index is -0.370. The molecular formula is C10H14N2O3. The topological polar surface area (TPSA) is 71.2 Å². The second kappa shape index (κ2) is 5.31. The van der Waals surface area contributed by atoms with Crippen molar-refractivity contribution >= 4 is 5.91 Å². The summed E-state index contributed by atoms with van der Waals surface area (Å²) >= 11 is 0. The lowest BCUT2D eigenvalue weighted by Gasteiger charge is -2.05. The number of pyridine rings is 1. The molecule has 82 valence electrons. The molecule has 0 saturated heterocycles. The van der Waals surface area contributed by atoms with E-state index in [2.05, 4.69) is 10.3 Å². The van der Waals surface area contributed by atoms with E-state index in [0.29, 0.717) is 18.7 Å². The number of methoxy groups -OCH3 is 1. The van der Waals surface area contributed by atoms with Gasteiger partial charge in [-0.05, 0) is 18.6 Å². The molecule has 1 aromatic heterocycles. The first kappa shape index (κ1) is 11.5. The summed E-state index contributed by atoms with van der Waals surface area (Å²) in [5.74, 6) is -0.369. The molecule has 15 heavy (non-hydrogen) atoms. The Balaban J connectivity index is 2.78. The van der Waals surface area contributed by atoms with Crippen LogP contribution in [0.25, 0.3) is 0 Å². The van der Waals surface area contributed by atoms with Gasteiger partial charge in [-0.1, -0.05) is 0 Å². The fraction of sp³-hybridized carbons (Fsp3) is 0.400. The Morgan fingerprint density at radius 3 is 2.93 bits per heavy atom. The number of hydrogen-bond acceptors (Lipinski definition) is 3. The Morgan fingerprint density at radius 2 is 2.33 bits per heavy atom. The predicted molar refractivity (Wildman–Crippen MR) is 56.0 cm³/mol. The second-order valence-corrected chi connectivity index (χ2v) is 3.11. The van der Waals surface area contributed by atoms with Gasteiger partial charge in [0.2, 0.25) is 0 Å². The summed E-state index contributed by atoms with van der Waals surface area (Å²) in [6, 6.07) is 1.69. The number of carbonyl (C=O) groups excluding carboxylic acids is 1. The molecule has 0 unspecified atom stereocenters. The SMILES string of the molecule is COCCNC(=O)c1c(C)cc[nH]c1=O. The third-order valence-corrected chi connectivity index (χ3v) is 1.99. The van der Waals surface area contributed by atoms with E-state index in [-0.39, 0.29) is 17.0 Å². The number of carbonyl (C=O) groups is 1. The third kappa shape index (κ3) is 2.92. The van der Waals surface area contributed by atoms with Crippen LogP contribution in [0.4, 0.5) is 0 Å². The molecule has 0 bridgehead atoms. The average Bonchev–Trinajstić information content (AvgIpc) is 2.18. The number of aromatic amines is 1. The van der Waals surface area contributed by atoms with E-state index in [1.54, 1.807) is 20.1 Å². The highest BCUT2D eigenvalue weighted by Gasteiger charge is 2.11. The molecule has 0 aliphatic rings. The molecule has 0 spiro atoms. The van der Waals surface area contributed by atoms with Crippen molar-refractivity contribution in [1.29, 1.82) is 0 Å². The summed E-state index contributed by atoms with van der Waals surface area (Å²) in [6.07, 6.45) is 1.52. The molecule has 1 aromatic rings. The Hall–Kier alpha value is -1.62. The number of H-pyrrole nitrogens is 1. The molecular weight excluding hydrogens is 196 g/mol. The number of aryl methyl sites for hydroxylation is 1. The van der Waals surface area contributed by atoms with Crippen molar-refractivity contribution in [2.24, 2.45) is 0 Å². The molecule has 0 radical (unpaired) electrons. The number of amides is 1. The lowest BCUT2D eigenvalue weighted by atomic mass is 10.1. The largest absolute Gasteiger partial charge is 0.383 e. The van der Waals surface area contributed by atoms with Gasteiger partial charge in [-0.15, -0.1) is 0 Å². The van der Waals surface area contributed by atoms with E-state index in [4.69, 9.17) is 4.74 Å². The van der Waals surface area contributed by atoms with E-state index < -0.39 is 0 Å². The number of nitrogens with one attached hydrogen (secondary N) is 2. The van der Waals surface area contributed by atoms with E-state index in [0.717, 1.165) is 0 Å². The van der Waals surface area contributed by atoms with Crippen LogP contribution in [0.5, 0.6) is 0 Å². The van der Waals surface area contributed by atoms with Gasteiger partial charge in [0.05, 0.1) is 6.61 Å². The van der Waals surface area contributed by atoms with E-state index >= 15 is 0 Å². The van der Waals surface area contributed by atoms with Crippen LogP contribution in [0, 0.1) is 6.92 Å². The van der Waals surface area contributed by atoms with Crippen molar-refractivity contribution in [3.63, 3.8) is 0 Å². The van der Waals surface area contributed by atoms with Crippen LogP contribution in [0.1, 0.15) is 15.9 Å². The lowest BCUT2D eigenvalue weighted by Crippen LogP contribution is -2.32. The van der Waals surface area contributed by atoms with Crippen LogP contribution in [0.2, 0.25) is 0 Å². The summed E-state index contributed by atoms with van der Waals surface area (Å²) in [7, 11) is 1.55. The van der Waals surface area contributed by atoms with E-state index in [1.807, 2.05) is 0 Å². The van der Waals surface area contributed by atoms with E-state index in [9.17, 15) is 9.59 Å². The molecule has 0 saturated carbocycles. The van der Waals surface area contributed by atoms with Gasteiger partial charge in [-0.25, -0.2) is 0 Å². The first-order valence-electron chi connectivity index (χ1n) is 4.62. The van der Waals surface area contributed by atoms with Crippen molar-refractivity contribution in [2.45, 2.75) is 6.92 Å². The van der Waals surface area contributed by atoms with Crippen molar-refractivity contribution in [2.75, 3.05) is 20.3 Å². The van der Waals surface area contributed by atoms with Gasteiger partial charge < -0.3 is 15.0 Å². The van der Waals surface area contributed by atoms with Crippen LogP contribution in [-0.2, 0) is 4.74 Å². The molecule has 0 aliphatic heterocycles. The van der Waals surface area contributed by atoms with Crippen LogP contribution in [-0.4, -0.2) is 31.2 Å². The molecule has 1 heterocycles. The maximum Gasteiger partial charge on any atom is 0.261 e. The van der Waals surface area contributed by atoms with Gasteiger partial charge in [0.25, 0.3) is 11.5 Å². The molecule has 0 aromatic carbocycles. The maximum atomic E-state index is 11.6. The van der Waals surface area contributed by atoms with Crippen molar-refractivity contribution in [3.05, 3.63) is 33.7 Å². The quantitative estimate of drug-likeness (QED) is 0.690. The normalized spacial score (nSPS) is 10.0. The monoisotopic (exact) mass is 210 g/mol. The molecule has 2 N–H and O–H groups in total. The zero-order valence-corrected chi connectivity index (χ0v) is 8.79. The molecule has 0 fully saturated rings. The van der Waals surface area contributed by atoms with E-state index in [1.165, 1.54) is 6.20 Å². The van der Waals surface area contributed by atoms with Gasteiger partial charge in [0.15, 0.2) is 0 Å². The van der Waals surface area contributed by atoms with Crippen LogP contribution in [0.15, 0.2) is 17.1 Å². The maximum absolute atomic E-state index is 11.6. The van der Waals surface area contributed by atoms with Gasteiger partial charge >= 0.3 is 0 Å². The summed E-state index contributed by atoms with van der Waals surface area (Å²) in [5, 5.41) is 2.60. The van der Waals surface area contributed by atoms with Crippen LogP contribution < -0.4 is 10.9 Å². The number of aromatic nitrogens is 1. The third-order valence-electron chi connectivity index (χ3n) is 1.99. The number of ether oxygens (including phenoxy) is 1. The Morgan fingerprint density at radius 1 is 1.60 bits per heavy atom. The molecule has 5 heteroatoms. The zero-order chi connectivity index (χ0) is 11.3. The fourth-order valence-corrected chi connectivity index (χ4v) is 1.21. The number of rotatable bonds is 4. The Kier molecular flexibility index (Phi) is 4.05. The second-order valence-electron chi connectivity index (χ2n) is 3.11. The smallest absolute Gasteiger partial charge is 0.261 e. The summed E-state index contributed by atoms with van der Waals surface area (Å²) in [5.41, 5.74) is 0.451. The summed E-state index contributed by atoms with van der Waals surface area (Å²) in [6.45, 7) is 2.54. The van der Waals surface area contributed by atoms with Gasteiger partial charge in [0.1, 0.15) is 5.56 Å². The molecule has 0 atom stereocenters. The minimum absolute atomic E-state index is 0.161. The molecule has 1 amide bonds. The lowest BCUT2D eigenvalue weighted by molar-refractivity contribution is 0.0935.